The average molecular weight is 507 g/mol. The Kier molecular flexibility index (Phi) is 7.05. The number of nitrogens with zero attached hydrogens (tertiary/aromatic N) is 1. The number of amidine groups is 1. The standard InChI is InChI=1S/C15H13Br2N3O3S2/c1-24-15(19-18-14(21)10-2-4-11(16)5-3-10)20-25(22,23)13-8-6-12(17)7-9-13/h2-9H,1H3,(H,18,21)(H,19,20). The molecule has 0 unspecified atom stereocenters. The van der Waals surface area contributed by atoms with Crippen LogP contribution in [-0.2, 0) is 10.0 Å². The molecule has 1 amide bonds. The topological polar surface area (TPSA) is 87.6 Å². The third-order valence-corrected chi connectivity index (χ3v) is 5.94. The number of hydrogen-bond donors (Lipinski definition) is 2. The normalized spacial score (nSPS) is 11.9. The number of rotatable bonds is 3. The fraction of sp³-hybridized carbons (Fsp3) is 0.0667. The van der Waals surface area contributed by atoms with E-state index in [0.717, 1.165) is 20.7 Å². The summed E-state index contributed by atoms with van der Waals surface area (Å²) < 4.78 is 29.9. The van der Waals surface area contributed by atoms with Crippen molar-refractivity contribution in [3.8, 4) is 0 Å². The second kappa shape index (κ2) is 8.84. The molecular weight excluding hydrogens is 494 g/mol. The summed E-state index contributed by atoms with van der Waals surface area (Å²) >= 11 is 7.60. The largest absolute Gasteiger partial charge is 0.284 e. The van der Waals surface area contributed by atoms with Crippen molar-refractivity contribution in [2.45, 2.75) is 4.90 Å². The second-order valence-corrected chi connectivity index (χ2v) is 8.85. The molecule has 0 radical (unpaired) electrons. The third-order valence-electron chi connectivity index (χ3n) is 2.90. The molecule has 0 saturated heterocycles. The van der Waals surface area contributed by atoms with Gasteiger partial charge in [0.25, 0.3) is 15.9 Å². The summed E-state index contributed by atoms with van der Waals surface area (Å²) in [6.07, 6.45) is 1.65. The van der Waals surface area contributed by atoms with Crippen LogP contribution in [0.3, 0.4) is 0 Å². The lowest BCUT2D eigenvalue weighted by atomic mass is 10.2. The minimum absolute atomic E-state index is 0.0494. The van der Waals surface area contributed by atoms with E-state index in [9.17, 15) is 13.2 Å². The van der Waals surface area contributed by atoms with Crippen molar-refractivity contribution < 1.29 is 13.2 Å². The van der Waals surface area contributed by atoms with Crippen LogP contribution < -0.4 is 10.9 Å². The highest BCUT2D eigenvalue weighted by molar-refractivity contribution is 9.10. The van der Waals surface area contributed by atoms with E-state index in [-0.39, 0.29) is 10.1 Å². The summed E-state index contributed by atoms with van der Waals surface area (Å²) in [6, 6.07) is 12.9. The number of halogens is 2. The lowest BCUT2D eigenvalue weighted by Gasteiger charge is -2.09. The Labute approximate surface area is 166 Å². The minimum Gasteiger partial charge on any atom is -0.275 e. The molecule has 0 spiro atoms. The van der Waals surface area contributed by atoms with Gasteiger partial charge in [0.2, 0.25) is 0 Å². The zero-order valence-electron chi connectivity index (χ0n) is 12.9. The Balaban J connectivity index is 2.10. The molecule has 0 aromatic heterocycles. The van der Waals surface area contributed by atoms with Crippen molar-refractivity contribution in [3.63, 3.8) is 0 Å². The van der Waals surface area contributed by atoms with Gasteiger partial charge >= 0.3 is 0 Å². The second-order valence-electron chi connectivity index (χ2n) is 4.62. The first-order chi connectivity index (χ1) is 11.8. The van der Waals surface area contributed by atoms with Crippen LogP contribution in [0.15, 0.2) is 66.8 Å². The first-order valence-corrected chi connectivity index (χ1v) is 11.0. The molecule has 0 fully saturated rings. The Morgan fingerprint density at radius 2 is 1.48 bits per heavy atom. The Morgan fingerprint density at radius 1 is 0.960 bits per heavy atom. The summed E-state index contributed by atoms with van der Waals surface area (Å²) in [5, 5.41) is 0.0494. The number of hydrogen-bond acceptors (Lipinski definition) is 4. The first kappa shape index (κ1) is 20.0. The molecule has 0 aliphatic rings. The molecule has 0 saturated carbocycles. The van der Waals surface area contributed by atoms with Crippen molar-refractivity contribution in [1.29, 1.82) is 0 Å². The molecular formula is C15H13Br2N3O3S2. The van der Waals surface area contributed by atoms with E-state index >= 15 is 0 Å². The zero-order valence-corrected chi connectivity index (χ0v) is 17.7. The number of carbonyl (C=O) groups is 1. The summed E-state index contributed by atoms with van der Waals surface area (Å²) in [5.74, 6) is -0.407. The molecule has 2 rings (SSSR count). The van der Waals surface area contributed by atoms with Gasteiger partial charge in [-0.1, -0.05) is 43.6 Å². The van der Waals surface area contributed by atoms with Gasteiger partial charge in [-0.05, 0) is 54.8 Å². The fourth-order valence-electron chi connectivity index (χ4n) is 1.66. The van der Waals surface area contributed by atoms with Crippen LogP contribution in [0.1, 0.15) is 10.4 Å². The summed E-state index contributed by atoms with van der Waals surface area (Å²) in [7, 11) is -3.88. The highest BCUT2D eigenvalue weighted by atomic mass is 79.9. The lowest BCUT2D eigenvalue weighted by molar-refractivity contribution is 0.0944. The molecule has 0 atom stereocenters. The van der Waals surface area contributed by atoms with Crippen molar-refractivity contribution in [3.05, 3.63) is 63.0 Å². The monoisotopic (exact) mass is 505 g/mol. The molecule has 0 aliphatic carbocycles. The molecule has 10 heteroatoms. The molecule has 132 valence electrons. The molecule has 2 aromatic rings. The van der Waals surface area contributed by atoms with Crippen LogP contribution in [-0.4, -0.2) is 25.7 Å². The molecule has 0 aliphatic heterocycles. The molecule has 2 N–H and O–H groups in total. The first-order valence-electron chi connectivity index (χ1n) is 6.78. The molecule has 25 heavy (non-hydrogen) atoms. The highest BCUT2D eigenvalue weighted by Crippen LogP contribution is 2.17. The molecule has 2 aromatic carbocycles. The maximum absolute atomic E-state index is 12.3. The molecule has 0 heterocycles. The van der Waals surface area contributed by atoms with Crippen LogP contribution in [0.5, 0.6) is 0 Å². The van der Waals surface area contributed by atoms with Crippen LogP contribution in [0.25, 0.3) is 0 Å². The highest BCUT2D eigenvalue weighted by Gasteiger charge is 2.15. The maximum atomic E-state index is 12.3. The van der Waals surface area contributed by atoms with Gasteiger partial charge in [-0.2, -0.15) is 8.42 Å². The smallest absolute Gasteiger partial charge is 0.275 e. The number of thioether (sulfide) groups is 1. The van der Waals surface area contributed by atoms with E-state index in [0.29, 0.717) is 5.56 Å². The zero-order chi connectivity index (χ0) is 18.4. The van der Waals surface area contributed by atoms with Crippen molar-refractivity contribution in [1.82, 2.24) is 10.9 Å². The van der Waals surface area contributed by atoms with E-state index in [1.54, 1.807) is 42.7 Å². The maximum Gasteiger partial charge on any atom is 0.284 e. The Bertz CT molecular complexity index is 883. The summed E-state index contributed by atoms with van der Waals surface area (Å²) in [4.78, 5) is 12.1. The summed E-state index contributed by atoms with van der Waals surface area (Å²) in [5.41, 5.74) is 5.38. The predicted octanol–water partition coefficient (Wildman–Crippen LogP) is 3.55. The van der Waals surface area contributed by atoms with Gasteiger partial charge in [-0.15, -0.1) is 4.40 Å². The van der Waals surface area contributed by atoms with Gasteiger partial charge in [-0.3, -0.25) is 15.6 Å². The number of hydrazine groups is 1. The third kappa shape index (κ3) is 5.84. The van der Waals surface area contributed by atoms with Crippen LogP contribution in [0, 0.1) is 0 Å². The quantitative estimate of drug-likeness (QED) is 0.377. The van der Waals surface area contributed by atoms with Gasteiger partial charge in [-0.25, -0.2) is 0 Å². The van der Waals surface area contributed by atoms with E-state index in [2.05, 4.69) is 47.1 Å². The lowest BCUT2D eigenvalue weighted by Crippen LogP contribution is -2.40. The van der Waals surface area contributed by atoms with Crippen LogP contribution >= 0.6 is 43.6 Å². The Hall–Kier alpha value is -1.36. The number of nitrogens with one attached hydrogen (secondary N) is 2. The number of carbonyl (C=O) groups excluding carboxylic acids is 1. The molecule has 0 bridgehead atoms. The van der Waals surface area contributed by atoms with Gasteiger partial charge in [0.15, 0.2) is 5.17 Å². The van der Waals surface area contributed by atoms with Crippen LogP contribution in [0.4, 0.5) is 0 Å². The van der Waals surface area contributed by atoms with Crippen LogP contribution in [0.2, 0.25) is 0 Å². The number of benzene rings is 2. The number of sulfonamides is 1. The number of amides is 1. The van der Waals surface area contributed by atoms with Gasteiger partial charge < -0.3 is 0 Å². The van der Waals surface area contributed by atoms with Gasteiger partial charge in [0, 0.05) is 14.5 Å². The molecule has 6 nitrogen and oxygen atoms in total. The van der Waals surface area contributed by atoms with E-state index in [1.165, 1.54) is 12.1 Å². The van der Waals surface area contributed by atoms with Gasteiger partial charge in [0.05, 0.1) is 4.90 Å². The van der Waals surface area contributed by atoms with E-state index in [1.807, 2.05) is 0 Å². The minimum atomic E-state index is -3.88. The van der Waals surface area contributed by atoms with Gasteiger partial charge in [0.1, 0.15) is 0 Å². The van der Waals surface area contributed by atoms with E-state index in [4.69, 9.17) is 0 Å². The van der Waals surface area contributed by atoms with Crippen molar-refractivity contribution >= 4 is 64.7 Å². The SMILES string of the molecule is CSC(=NS(=O)(=O)c1ccc(Br)cc1)NNC(=O)c1ccc(Br)cc1. The van der Waals surface area contributed by atoms with Crippen molar-refractivity contribution in [2.75, 3.05) is 6.26 Å². The predicted molar refractivity (Wildman–Crippen MR) is 107 cm³/mol. The van der Waals surface area contributed by atoms with Crippen molar-refractivity contribution in [2.24, 2.45) is 4.40 Å². The Morgan fingerprint density at radius 3 is 2.00 bits per heavy atom. The fourth-order valence-corrected chi connectivity index (χ4v) is 3.79. The average Bonchev–Trinajstić information content (AvgIpc) is 2.59. The summed E-state index contributed by atoms with van der Waals surface area (Å²) in [6.45, 7) is 0. The van der Waals surface area contributed by atoms with E-state index < -0.39 is 15.9 Å².